The van der Waals surface area contributed by atoms with Gasteiger partial charge in [-0.05, 0) is 69.0 Å². The van der Waals surface area contributed by atoms with Crippen LogP contribution in [0.3, 0.4) is 0 Å². The van der Waals surface area contributed by atoms with Gasteiger partial charge in [-0.15, -0.1) is 0 Å². The molecule has 0 saturated heterocycles. The van der Waals surface area contributed by atoms with Crippen molar-refractivity contribution >= 4 is 11.8 Å². The minimum absolute atomic E-state index is 0.00394. The Balaban J connectivity index is 1.73. The van der Waals surface area contributed by atoms with Crippen LogP contribution in [-0.2, 0) is 6.54 Å². The number of benzene rings is 2. The van der Waals surface area contributed by atoms with Crippen LogP contribution in [-0.4, -0.2) is 35.6 Å². The average molecular weight is 422 g/mol. The number of amides is 1. The summed E-state index contributed by atoms with van der Waals surface area (Å²) in [4.78, 5) is 17.4. The fourth-order valence-corrected chi connectivity index (χ4v) is 3.82. The predicted molar refractivity (Wildman–Crippen MR) is 119 cm³/mol. The Bertz CT molecular complexity index is 1010. The highest BCUT2D eigenvalue weighted by Gasteiger charge is 2.30. The van der Waals surface area contributed by atoms with Gasteiger partial charge in [0.05, 0.1) is 12.1 Å². The van der Waals surface area contributed by atoms with Gasteiger partial charge in [-0.3, -0.25) is 4.79 Å². The molecule has 0 aliphatic heterocycles. The lowest BCUT2D eigenvalue weighted by atomic mass is 10.1. The van der Waals surface area contributed by atoms with Crippen LogP contribution >= 0.6 is 0 Å². The summed E-state index contributed by atoms with van der Waals surface area (Å²) in [6.07, 6.45) is 2.30. The largest absolute Gasteiger partial charge is 0.341 e. The molecule has 31 heavy (non-hydrogen) atoms. The number of carbonyl (C=O) groups is 1. The molecule has 1 aliphatic carbocycles. The first-order valence-electron chi connectivity index (χ1n) is 10.9. The lowest BCUT2D eigenvalue weighted by molar-refractivity contribution is 0.0735. The number of hydrogen-bond donors (Lipinski definition) is 0. The third kappa shape index (κ3) is 4.79. The normalized spacial score (nSPS) is 13.3. The highest BCUT2D eigenvalue weighted by Crippen LogP contribution is 2.35. The highest BCUT2D eigenvalue weighted by molar-refractivity contribution is 5.94. The van der Waals surface area contributed by atoms with Crippen LogP contribution in [0.2, 0.25) is 0 Å². The van der Waals surface area contributed by atoms with E-state index >= 15 is 0 Å². The van der Waals surface area contributed by atoms with E-state index in [4.69, 9.17) is 4.52 Å². The summed E-state index contributed by atoms with van der Waals surface area (Å²) in [7, 11) is 0. The Morgan fingerprint density at radius 3 is 2.35 bits per heavy atom. The fourth-order valence-electron chi connectivity index (χ4n) is 3.82. The molecule has 6 heteroatoms. The van der Waals surface area contributed by atoms with Crippen molar-refractivity contribution < 1.29 is 13.7 Å². The quantitative estimate of drug-likeness (QED) is 0.465. The fraction of sp³-hybridized carbons (Fsp3) is 0.360. The molecular weight excluding hydrogens is 393 g/mol. The molecule has 1 amide bonds. The van der Waals surface area contributed by atoms with Crippen molar-refractivity contribution in [2.24, 2.45) is 5.92 Å². The SMILES string of the molecule is CCN(CC)c1onc(-c2ccc(F)cc2)c1CN(CC1CC1)C(=O)c1ccccc1. The summed E-state index contributed by atoms with van der Waals surface area (Å²) in [5.41, 5.74) is 2.97. The number of anilines is 1. The summed E-state index contributed by atoms with van der Waals surface area (Å²) in [6.45, 7) is 6.74. The van der Waals surface area contributed by atoms with Crippen LogP contribution in [0.15, 0.2) is 59.1 Å². The molecule has 4 rings (SSSR count). The summed E-state index contributed by atoms with van der Waals surface area (Å²) in [5, 5.41) is 4.34. The lowest BCUT2D eigenvalue weighted by Crippen LogP contribution is -2.33. The van der Waals surface area contributed by atoms with Crippen molar-refractivity contribution in [2.75, 3.05) is 24.5 Å². The zero-order valence-corrected chi connectivity index (χ0v) is 18.1. The number of nitrogens with zero attached hydrogens (tertiary/aromatic N) is 3. The van der Waals surface area contributed by atoms with Gasteiger partial charge in [-0.1, -0.05) is 23.4 Å². The highest BCUT2D eigenvalue weighted by atomic mass is 19.1. The Kier molecular flexibility index (Phi) is 6.35. The van der Waals surface area contributed by atoms with Crippen molar-refractivity contribution in [3.63, 3.8) is 0 Å². The molecule has 1 aromatic heterocycles. The van der Waals surface area contributed by atoms with Crippen LogP contribution in [0, 0.1) is 11.7 Å². The summed E-state index contributed by atoms with van der Waals surface area (Å²) in [6, 6.07) is 15.6. The van der Waals surface area contributed by atoms with Gasteiger partial charge in [0, 0.05) is 30.8 Å². The number of rotatable bonds is 9. The molecule has 1 aliphatic rings. The molecule has 1 heterocycles. The first kappa shape index (κ1) is 21.1. The molecule has 5 nitrogen and oxygen atoms in total. The van der Waals surface area contributed by atoms with E-state index in [1.165, 1.54) is 12.1 Å². The van der Waals surface area contributed by atoms with Crippen LogP contribution in [0.4, 0.5) is 10.3 Å². The molecule has 2 aromatic carbocycles. The Morgan fingerprint density at radius 1 is 1.06 bits per heavy atom. The van der Waals surface area contributed by atoms with Crippen molar-refractivity contribution in [2.45, 2.75) is 33.2 Å². The number of aromatic nitrogens is 1. The first-order chi connectivity index (χ1) is 15.1. The lowest BCUT2D eigenvalue weighted by Gasteiger charge is -2.25. The van der Waals surface area contributed by atoms with Gasteiger partial charge in [-0.25, -0.2) is 4.39 Å². The van der Waals surface area contributed by atoms with Crippen LogP contribution < -0.4 is 4.90 Å². The standard InChI is InChI=1S/C25H28FN3O2/c1-3-28(4-2)25-22(23(27-31-25)19-12-14-21(26)15-13-19)17-29(16-18-10-11-18)24(30)20-8-6-5-7-9-20/h5-9,12-15,18H,3-4,10-11,16-17H2,1-2H3. The predicted octanol–water partition coefficient (Wildman–Crippen LogP) is 5.38. The molecule has 0 atom stereocenters. The van der Waals surface area contributed by atoms with Gasteiger partial charge in [0.2, 0.25) is 5.88 Å². The second kappa shape index (κ2) is 9.33. The minimum Gasteiger partial charge on any atom is -0.341 e. The van der Waals surface area contributed by atoms with Crippen LogP contribution in [0.25, 0.3) is 11.3 Å². The van der Waals surface area contributed by atoms with Gasteiger partial charge < -0.3 is 14.3 Å². The molecule has 3 aromatic rings. The van der Waals surface area contributed by atoms with Crippen LogP contribution in [0.1, 0.15) is 42.6 Å². The number of carbonyl (C=O) groups excluding carboxylic acids is 1. The van der Waals surface area contributed by atoms with E-state index in [0.717, 1.165) is 37.1 Å². The summed E-state index contributed by atoms with van der Waals surface area (Å²) in [5.74, 6) is 0.918. The van der Waals surface area contributed by atoms with E-state index in [-0.39, 0.29) is 11.7 Å². The van der Waals surface area contributed by atoms with Crippen molar-refractivity contribution in [1.29, 1.82) is 0 Å². The monoisotopic (exact) mass is 421 g/mol. The molecular formula is C25H28FN3O2. The maximum Gasteiger partial charge on any atom is 0.254 e. The van der Waals surface area contributed by atoms with E-state index in [1.807, 2.05) is 35.2 Å². The number of hydrogen-bond acceptors (Lipinski definition) is 4. The van der Waals surface area contributed by atoms with E-state index in [0.29, 0.717) is 36.1 Å². The van der Waals surface area contributed by atoms with E-state index in [9.17, 15) is 9.18 Å². The Labute approximate surface area is 182 Å². The molecule has 162 valence electrons. The van der Waals surface area contributed by atoms with E-state index in [1.54, 1.807) is 12.1 Å². The Morgan fingerprint density at radius 2 is 1.74 bits per heavy atom. The van der Waals surface area contributed by atoms with E-state index in [2.05, 4.69) is 23.9 Å². The van der Waals surface area contributed by atoms with Crippen molar-refractivity contribution in [3.8, 4) is 11.3 Å². The molecule has 0 radical (unpaired) electrons. The van der Waals surface area contributed by atoms with E-state index < -0.39 is 0 Å². The maximum absolute atomic E-state index is 13.5. The van der Waals surface area contributed by atoms with Gasteiger partial charge in [0.15, 0.2) is 0 Å². The third-order valence-electron chi connectivity index (χ3n) is 5.77. The Hall–Kier alpha value is -3.15. The van der Waals surface area contributed by atoms with Crippen molar-refractivity contribution in [3.05, 3.63) is 71.5 Å². The van der Waals surface area contributed by atoms with Gasteiger partial charge >= 0.3 is 0 Å². The van der Waals surface area contributed by atoms with Crippen molar-refractivity contribution in [1.82, 2.24) is 10.1 Å². The number of halogens is 1. The van der Waals surface area contributed by atoms with Crippen LogP contribution in [0.5, 0.6) is 0 Å². The maximum atomic E-state index is 13.5. The topological polar surface area (TPSA) is 49.6 Å². The molecule has 0 N–H and O–H groups in total. The zero-order chi connectivity index (χ0) is 21.8. The van der Waals surface area contributed by atoms with Gasteiger partial charge in [0.25, 0.3) is 5.91 Å². The smallest absolute Gasteiger partial charge is 0.254 e. The average Bonchev–Trinajstić information content (AvgIpc) is 3.54. The first-order valence-corrected chi connectivity index (χ1v) is 10.9. The molecule has 1 saturated carbocycles. The van der Waals surface area contributed by atoms with Gasteiger partial charge in [-0.2, -0.15) is 0 Å². The second-order valence-electron chi connectivity index (χ2n) is 7.99. The molecule has 0 spiro atoms. The summed E-state index contributed by atoms with van der Waals surface area (Å²) < 4.78 is 19.3. The summed E-state index contributed by atoms with van der Waals surface area (Å²) >= 11 is 0. The molecule has 0 bridgehead atoms. The zero-order valence-electron chi connectivity index (χ0n) is 18.1. The molecule has 0 unspecified atom stereocenters. The molecule has 1 fully saturated rings. The third-order valence-corrected chi connectivity index (χ3v) is 5.77. The minimum atomic E-state index is -0.299. The second-order valence-corrected chi connectivity index (χ2v) is 7.99. The van der Waals surface area contributed by atoms with Gasteiger partial charge in [0.1, 0.15) is 11.5 Å².